The van der Waals surface area contributed by atoms with Crippen LogP contribution in [0.1, 0.15) is 147 Å². The lowest BCUT2D eigenvalue weighted by atomic mass is 9.93. The second-order valence-corrected chi connectivity index (χ2v) is 26.7. The molecule has 9 aromatic heterocycles. The van der Waals surface area contributed by atoms with Gasteiger partial charge in [0.1, 0.15) is 50.7 Å². The summed E-state index contributed by atoms with van der Waals surface area (Å²) in [6.45, 7) is 16.6. The maximum absolute atomic E-state index is 13.0. The quantitative estimate of drug-likeness (QED) is 0.0442. The molecule has 12 rings (SSSR count). The fourth-order valence-electron chi connectivity index (χ4n) is 10.4. The number of nitrogen functional groups attached to an aromatic ring is 1. The van der Waals surface area contributed by atoms with Crippen molar-refractivity contribution < 1.29 is 47.7 Å². The van der Waals surface area contributed by atoms with Gasteiger partial charge in [-0.25, -0.2) is 38.6 Å². The molecule has 0 aliphatic heterocycles. The van der Waals surface area contributed by atoms with Crippen LogP contribution in [0.25, 0.3) is 16.7 Å². The van der Waals surface area contributed by atoms with Crippen LogP contribution in [-0.4, -0.2) is 150 Å². The molecule has 0 bridgehead atoms. The number of aromatic nitrogens is 10. The number of rotatable bonds is 16. The highest BCUT2D eigenvalue weighted by Gasteiger charge is 2.30. The fourth-order valence-corrected chi connectivity index (χ4v) is 10.5. The topological polar surface area (TPSA) is 340 Å². The first-order valence-electron chi connectivity index (χ1n) is 32.5. The smallest absolute Gasteiger partial charge is 0.415 e. The highest BCUT2D eigenvalue weighted by atomic mass is 35.5. The van der Waals surface area contributed by atoms with Crippen LogP contribution in [0.2, 0.25) is 5.15 Å². The average molecular weight is 1380 g/mol. The molecular formula is C69H88ClN19O10. The molecule has 0 aromatic carbocycles. The summed E-state index contributed by atoms with van der Waals surface area (Å²) in [6.07, 6.45) is 18.1. The molecule has 0 unspecified atom stereocenters. The van der Waals surface area contributed by atoms with Crippen LogP contribution in [0.3, 0.4) is 0 Å². The molecule has 5 amide bonds. The van der Waals surface area contributed by atoms with Crippen molar-refractivity contribution in [1.82, 2.24) is 64.7 Å². The Morgan fingerprint density at radius 2 is 0.919 bits per heavy atom. The summed E-state index contributed by atoms with van der Waals surface area (Å²) in [7, 11) is 9.67. The molecule has 3 fully saturated rings. The minimum Gasteiger partial charge on any atom is -0.480 e. The Kier molecular flexibility index (Phi) is 22.9. The number of nitrogens with one attached hydrogen (secondary N) is 6. The van der Waals surface area contributed by atoms with Crippen molar-refractivity contribution >= 4 is 104 Å². The van der Waals surface area contributed by atoms with Gasteiger partial charge in [0.25, 0.3) is 17.7 Å². The van der Waals surface area contributed by atoms with Gasteiger partial charge in [0.15, 0.2) is 5.65 Å². The SMILES string of the molecule is CN(C(=O)OC(C)(C)C)c1cc(Cl)nc2c(C(=O)NC3CCC3)cnn12.CNc1cc(Nc2cc(C)cnc2OC)cc2c(C(=O)NC3CCC3)cnn12.COc1ncc(C)cc1N.COc1ncc(C)cc1Nc1cc(N(C)C(=O)OC(C)(C)C)n2ncc(C(=O)NC3CCC3)c2c1. The average Bonchev–Trinajstić information content (AvgIpc) is 1.69. The molecule has 3 aliphatic rings. The van der Waals surface area contributed by atoms with E-state index in [0.717, 1.165) is 90.8 Å². The summed E-state index contributed by atoms with van der Waals surface area (Å²) in [5, 5.41) is 32.1. The molecule has 3 aliphatic carbocycles. The Bertz CT molecular complexity index is 4410. The molecule has 29 nitrogen and oxygen atoms in total. The van der Waals surface area contributed by atoms with Crippen LogP contribution in [-0.2, 0) is 9.47 Å². The number of ether oxygens (including phenoxy) is 5. The number of anilines is 8. The number of carbonyl (C=O) groups excluding carboxylic acids is 5. The van der Waals surface area contributed by atoms with Crippen LogP contribution in [0, 0.1) is 20.8 Å². The van der Waals surface area contributed by atoms with E-state index in [9.17, 15) is 24.0 Å². The molecule has 0 atom stereocenters. The second kappa shape index (κ2) is 31.2. The molecule has 0 spiro atoms. The van der Waals surface area contributed by atoms with Gasteiger partial charge in [-0.15, -0.1) is 0 Å². The van der Waals surface area contributed by atoms with Crippen molar-refractivity contribution in [2.75, 3.05) is 74.0 Å². The van der Waals surface area contributed by atoms with Gasteiger partial charge in [0.05, 0.1) is 67.8 Å². The molecule has 526 valence electrons. The van der Waals surface area contributed by atoms with E-state index in [4.69, 9.17) is 41.0 Å². The van der Waals surface area contributed by atoms with Crippen molar-refractivity contribution in [2.45, 2.75) is 149 Å². The summed E-state index contributed by atoms with van der Waals surface area (Å²) < 4.78 is 31.3. The van der Waals surface area contributed by atoms with Crippen LogP contribution in [0.4, 0.5) is 55.5 Å². The fraction of sp³-hybridized carbons (Fsp3) is 0.420. The Hall–Kier alpha value is -10.7. The number of hydrogen-bond donors (Lipinski definition) is 7. The second-order valence-electron chi connectivity index (χ2n) is 26.3. The minimum absolute atomic E-state index is 0.0892. The summed E-state index contributed by atoms with van der Waals surface area (Å²) in [4.78, 5) is 82.9. The zero-order valence-corrected chi connectivity index (χ0v) is 59.3. The Labute approximate surface area is 579 Å². The lowest BCUT2D eigenvalue weighted by Crippen LogP contribution is -2.39. The summed E-state index contributed by atoms with van der Waals surface area (Å²) in [5.74, 6) is 2.45. The number of hydrogen-bond acceptors (Lipinski definition) is 21. The molecule has 0 saturated heterocycles. The van der Waals surface area contributed by atoms with E-state index in [1.54, 1.807) is 117 Å². The maximum atomic E-state index is 13.0. The molecule has 9 aromatic rings. The third-order valence-corrected chi connectivity index (χ3v) is 16.3. The number of nitrogens with zero attached hydrogens (tertiary/aromatic N) is 12. The largest absolute Gasteiger partial charge is 0.480 e. The first-order valence-corrected chi connectivity index (χ1v) is 32.8. The van der Waals surface area contributed by atoms with E-state index in [1.807, 2.05) is 64.2 Å². The zero-order chi connectivity index (χ0) is 71.6. The maximum Gasteiger partial charge on any atom is 0.415 e. The van der Waals surface area contributed by atoms with Gasteiger partial charge in [-0.05, 0) is 167 Å². The van der Waals surface area contributed by atoms with Gasteiger partial charge in [-0.2, -0.15) is 19.8 Å². The highest BCUT2D eigenvalue weighted by molar-refractivity contribution is 6.30. The number of amides is 5. The van der Waals surface area contributed by atoms with Gasteiger partial charge in [0.2, 0.25) is 17.6 Å². The highest BCUT2D eigenvalue weighted by Crippen LogP contribution is 2.34. The van der Waals surface area contributed by atoms with Crippen molar-refractivity contribution in [2.24, 2.45) is 0 Å². The number of nitrogens with two attached hydrogens (primary N) is 1. The molecule has 0 radical (unpaired) electrons. The van der Waals surface area contributed by atoms with E-state index >= 15 is 0 Å². The standard InChI is InChI=1S/C25H32N6O4.C20H24N6O2.C17H22ClN5O3.C7H10N2O/c1-15-10-19(23(34-6)26-13-15)28-17-11-20-18(22(32)29-16-8-7-9-16)14-27-31(20)21(12-17)30(5)24(33)35-25(2,3)4;1-12-7-16(20(28-3)22-10-12)24-14-8-17-15(19(27)25-13-5-4-6-13)11-23-26(17)18(9-14)21-2;1-17(2,3)26-16(25)22(4)13-8-12(18)21-14-11(9-19-23(13)14)15(24)20-10-6-5-7-10;1-5-3-6(8)7(10-2)9-4-5/h10-14,16,28H,7-9H2,1-6H3,(H,29,32);7-11,13,21,24H,4-6H2,1-3H3,(H,25,27);8-10H,5-7H2,1-4H3,(H,20,24);3-4H,8H2,1-2H3. The number of carbonyl (C=O) groups is 5. The summed E-state index contributed by atoms with van der Waals surface area (Å²) in [5.41, 5.74) is 13.6. The van der Waals surface area contributed by atoms with Crippen molar-refractivity contribution in [3.63, 3.8) is 0 Å². The Morgan fingerprint density at radius 1 is 0.525 bits per heavy atom. The van der Waals surface area contributed by atoms with E-state index in [0.29, 0.717) is 74.2 Å². The van der Waals surface area contributed by atoms with Gasteiger partial charge < -0.3 is 61.3 Å². The molecule has 30 heteroatoms. The lowest BCUT2D eigenvalue weighted by Gasteiger charge is -2.26. The van der Waals surface area contributed by atoms with Gasteiger partial charge in [-0.3, -0.25) is 24.2 Å². The van der Waals surface area contributed by atoms with Gasteiger partial charge in [0, 0.05) is 87.4 Å². The van der Waals surface area contributed by atoms with Gasteiger partial charge >= 0.3 is 12.2 Å². The van der Waals surface area contributed by atoms with Crippen molar-refractivity contribution in [3.8, 4) is 17.6 Å². The summed E-state index contributed by atoms with van der Waals surface area (Å²) in [6, 6.07) is 15.3. The minimum atomic E-state index is -0.668. The zero-order valence-electron chi connectivity index (χ0n) is 58.6. The van der Waals surface area contributed by atoms with E-state index < -0.39 is 23.4 Å². The van der Waals surface area contributed by atoms with Crippen LogP contribution >= 0.6 is 11.6 Å². The molecule has 99 heavy (non-hydrogen) atoms. The van der Waals surface area contributed by atoms with Crippen LogP contribution in [0.5, 0.6) is 17.6 Å². The third kappa shape index (κ3) is 18.1. The molecule has 9 heterocycles. The Balaban J connectivity index is 0.000000163. The monoisotopic (exact) mass is 1380 g/mol. The molecular weight excluding hydrogens is 1290 g/mol. The normalized spacial score (nSPS) is 13.6. The van der Waals surface area contributed by atoms with Crippen molar-refractivity contribution in [1.29, 1.82) is 0 Å². The Morgan fingerprint density at radius 3 is 1.34 bits per heavy atom. The summed E-state index contributed by atoms with van der Waals surface area (Å²) >= 11 is 6.12. The number of halogens is 1. The third-order valence-electron chi connectivity index (χ3n) is 16.1. The van der Waals surface area contributed by atoms with Crippen LogP contribution in [0.15, 0.2) is 85.7 Å². The molecule has 3 saturated carbocycles. The number of pyridine rings is 5. The van der Waals surface area contributed by atoms with E-state index in [2.05, 4.69) is 67.1 Å². The predicted molar refractivity (Wildman–Crippen MR) is 380 cm³/mol. The van der Waals surface area contributed by atoms with Crippen molar-refractivity contribution in [3.05, 3.63) is 124 Å². The number of methoxy groups -OCH3 is 3. The van der Waals surface area contributed by atoms with Gasteiger partial charge in [-0.1, -0.05) is 11.6 Å². The van der Waals surface area contributed by atoms with E-state index in [1.165, 1.54) is 39.2 Å². The van der Waals surface area contributed by atoms with Crippen LogP contribution < -0.4 is 61.6 Å². The lowest BCUT2D eigenvalue weighted by molar-refractivity contribution is 0.0577. The first kappa shape index (κ1) is 72.6. The first-order chi connectivity index (χ1) is 47.0. The number of fused-ring (bicyclic) bond motifs is 3. The number of aryl methyl sites for hydroxylation is 3. The van der Waals surface area contributed by atoms with E-state index in [-0.39, 0.29) is 41.0 Å². The predicted octanol–water partition coefficient (Wildman–Crippen LogP) is 11.6. The molecule has 8 N–H and O–H groups in total.